The average Bonchev–Trinajstić information content (AvgIpc) is 2.42. The normalized spacial score (nSPS) is 13.3. The highest BCUT2D eigenvalue weighted by Crippen LogP contribution is 2.26. The number of oxime groups is 1. The lowest BCUT2D eigenvalue weighted by atomic mass is 9.87. The Bertz CT molecular complexity index is 488. The monoisotopic (exact) mass is 292 g/mol. The summed E-state index contributed by atoms with van der Waals surface area (Å²) in [5.41, 5.74) is 6.74. The molecule has 0 bridgehead atoms. The molecule has 0 aliphatic rings. The van der Waals surface area contributed by atoms with Gasteiger partial charge >= 0.3 is 0 Å². The van der Waals surface area contributed by atoms with Crippen LogP contribution in [0.15, 0.2) is 29.4 Å². The Morgan fingerprint density at radius 2 is 1.90 bits per heavy atom. The molecule has 0 spiro atoms. The van der Waals surface area contributed by atoms with Crippen molar-refractivity contribution in [3.05, 3.63) is 29.8 Å². The fraction of sp³-hybridized carbons (Fsp3) is 0.588. The van der Waals surface area contributed by atoms with E-state index in [1.165, 1.54) is 5.56 Å². The van der Waals surface area contributed by atoms with Crippen LogP contribution in [0.2, 0.25) is 0 Å². The fourth-order valence-corrected chi connectivity index (χ4v) is 2.02. The van der Waals surface area contributed by atoms with E-state index in [0.717, 1.165) is 18.6 Å². The molecule has 118 valence electrons. The van der Waals surface area contributed by atoms with Crippen molar-refractivity contribution >= 4 is 5.84 Å². The number of hydrogen-bond donors (Lipinski definition) is 2. The van der Waals surface area contributed by atoms with Crippen molar-refractivity contribution in [2.75, 3.05) is 6.61 Å². The highest BCUT2D eigenvalue weighted by atomic mass is 16.5. The van der Waals surface area contributed by atoms with Crippen molar-refractivity contribution in [1.82, 2.24) is 0 Å². The lowest BCUT2D eigenvalue weighted by Crippen LogP contribution is -2.32. The van der Waals surface area contributed by atoms with Crippen LogP contribution >= 0.6 is 0 Å². The molecule has 1 aromatic rings. The van der Waals surface area contributed by atoms with Gasteiger partial charge in [-0.1, -0.05) is 51.9 Å². The lowest BCUT2D eigenvalue weighted by molar-refractivity contribution is 0.277. The van der Waals surface area contributed by atoms with Crippen LogP contribution in [0, 0.1) is 5.41 Å². The van der Waals surface area contributed by atoms with Gasteiger partial charge in [0.25, 0.3) is 0 Å². The molecule has 0 fully saturated rings. The van der Waals surface area contributed by atoms with Gasteiger partial charge in [0.15, 0.2) is 0 Å². The fourth-order valence-electron chi connectivity index (χ4n) is 2.02. The van der Waals surface area contributed by atoms with Crippen LogP contribution in [-0.4, -0.2) is 17.6 Å². The van der Waals surface area contributed by atoms with Gasteiger partial charge in [0.05, 0.1) is 6.61 Å². The molecule has 0 atom stereocenters. The molecular weight excluding hydrogens is 264 g/mol. The Balaban J connectivity index is 2.51. The maximum Gasteiger partial charge on any atom is 0.144 e. The van der Waals surface area contributed by atoms with E-state index in [4.69, 9.17) is 15.7 Å². The Morgan fingerprint density at radius 1 is 1.24 bits per heavy atom. The third kappa shape index (κ3) is 5.29. The number of ether oxygens (including phenoxy) is 1. The molecule has 0 aliphatic heterocycles. The van der Waals surface area contributed by atoms with E-state index in [9.17, 15) is 0 Å². The van der Waals surface area contributed by atoms with Gasteiger partial charge in [0.1, 0.15) is 11.6 Å². The molecule has 1 aromatic carbocycles. The van der Waals surface area contributed by atoms with Gasteiger partial charge in [-0.2, -0.15) is 0 Å². The van der Waals surface area contributed by atoms with Gasteiger partial charge in [0, 0.05) is 5.41 Å². The van der Waals surface area contributed by atoms with E-state index >= 15 is 0 Å². The molecule has 3 N–H and O–H groups in total. The van der Waals surface area contributed by atoms with Crippen molar-refractivity contribution in [3.8, 4) is 5.75 Å². The molecule has 0 saturated carbocycles. The zero-order valence-electron chi connectivity index (χ0n) is 13.8. The first-order chi connectivity index (χ1) is 9.66. The third-order valence-corrected chi connectivity index (χ3v) is 3.72. The second kappa shape index (κ2) is 6.83. The Hall–Kier alpha value is -1.71. The SMILES string of the molecule is CC(C)(CCCOc1cccc(C(C)(C)C)c1)C(N)=NO. The van der Waals surface area contributed by atoms with Gasteiger partial charge < -0.3 is 15.7 Å². The number of nitrogens with two attached hydrogens (primary N) is 1. The van der Waals surface area contributed by atoms with Crippen LogP contribution in [-0.2, 0) is 5.41 Å². The van der Waals surface area contributed by atoms with Crippen LogP contribution in [0.4, 0.5) is 0 Å². The third-order valence-electron chi connectivity index (χ3n) is 3.72. The van der Waals surface area contributed by atoms with Crippen molar-refractivity contribution in [2.45, 2.75) is 52.9 Å². The summed E-state index contributed by atoms with van der Waals surface area (Å²) in [6.07, 6.45) is 1.66. The highest BCUT2D eigenvalue weighted by molar-refractivity contribution is 5.85. The predicted octanol–water partition coefficient (Wildman–Crippen LogP) is 3.92. The summed E-state index contributed by atoms with van der Waals surface area (Å²) in [4.78, 5) is 0. The van der Waals surface area contributed by atoms with Crippen LogP contribution in [0.1, 0.15) is 53.0 Å². The van der Waals surface area contributed by atoms with E-state index < -0.39 is 0 Å². The molecule has 0 heterocycles. The highest BCUT2D eigenvalue weighted by Gasteiger charge is 2.23. The molecule has 4 nitrogen and oxygen atoms in total. The number of nitrogens with zero attached hydrogens (tertiary/aromatic N) is 1. The second-order valence-electron chi connectivity index (χ2n) is 7.10. The lowest BCUT2D eigenvalue weighted by Gasteiger charge is -2.23. The minimum Gasteiger partial charge on any atom is -0.494 e. The minimum absolute atomic E-state index is 0.118. The molecule has 0 aromatic heterocycles. The topological polar surface area (TPSA) is 67.8 Å². The van der Waals surface area contributed by atoms with Crippen molar-refractivity contribution < 1.29 is 9.94 Å². The first-order valence-electron chi connectivity index (χ1n) is 7.38. The van der Waals surface area contributed by atoms with Crippen LogP contribution < -0.4 is 10.5 Å². The maximum absolute atomic E-state index is 8.74. The molecular formula is C17H28N2O2. The number of benzene rings is 1. The van der Waals surface area contributed by atoms with E-state index in [1.807, 2.05) is 26.0 Å². The van der Waals surface area contributed by atoms with Crippen molar-refractivity contribution in [3.63, 3.8) is 0 Å². The quantitative estimate of drug-likeness (QED) is 0.274. The summed E-state index contributed by atoms with van der Waals surface area (Å²) in [7, 11) is 0. The summed E-state index contributed by atoms with van der Waals surface area (Å²) >= 11 is 0. The molecule has 0 unspecified atom stereocenters. The summed E-state index contributed by atoms with van der Waals surface area (Å²) in [6, 6.07) is 8.21. The molecule has 0 amide bonds. The number of amidine groups is 1. The van der Waals surface area contributed by atoms with Crippen molar-refractivity contribution in [2.24, 2.45) is 16.3 Å². The summed E-state index contributed by atoms with van der Waals surface area (Å²) in [5.74, 6) is 1.15. The van der Waals surface area contributed by atoms with Gasteiger partial charge in [-0.05, 0) is 36.0 Å². The molecule has 0 aliphatic carbocycles. The van der Waals surface area contributed by atoms with E-state index in [1.54, 1.807) is 0 Å². The molecule has 21 heavy (non-hydrogen) atoms. The van der Waals surface area contributed by atoms with E-state index in [0.29, 0.717) is 6.61 Å². The minimum atomic E-state index is -0.314. The van der Waals surface area contributed by atoms with E-state index in [2.05, 4.69) is 38.1 Å². The molecule has 0 saturated heterocycles. The largest absolute Gasteiger partial charge is 0.494 e. The van der Waals surface area contributed by atoms with Gasteiger partial charge in [0.2, 0.25) is 0 Å². The van der Waals surface area contributed by atoms with Crippen molar-refractivity contribution in [1.29, 1.82) is 0 Å². The Kier molecular flexibility index (Phi) is 5.64. The zero-order valence-corrected chi connectivity index (χ0v) is 13.8. The molecule has 0 radical (unpaired) electrons. The smallest absolute Gasteiger partial charge is 0.144 e. The molecule has 1 rings (SSSR count). The summed E-state index contributed by atoms with van der Waals surface area (Å²) in [5, 5.41) is 11.8. The number of rotatable bonds is 6. The van der Waals surface area contributed by atoms with Gasteiger partial charge in [-0.15, -0.1) is 0 Å². The predicted molar refractivity (Wildman–Crippen MR) is 87.1 cm³/mol. The van der Waals surface area contributed by atoms with E-state index in [-0.39, 0.29) is 16.7 Å². The number of hydrogen-bond acceptors (Lipinski definition) is 3. The molecule has 4 heteroatoms. The average molecular weight is 292 g/mol. The second-order valence-corrected chi connectivity index (χ2v) is 7.10. The standard InChI is InChI=1S/C17H28N2O2/c1-16(2,3)13-8-6-9-14(12-13)21-11-7-10-17(4,5)15(18)19-20/h6,8-9,12,20H,7,10-11H2,1-5H3,(H2,18,19). The van der Waals surface area contributed by atoms with Gasteiger partial charge in [-0.25, -0.2) is 0 Å². The van der Waals surface area contributed by atoms with Crippen LogP contribution in [0.3, 0.4) is 0 Å². The summed E-state index contributed by atoms with van der Waals surface area (Å²) in [6.45, 7) is 11.1. The zero-order chi connectivity index (χ0) is 16.1. The van der Waals surface area contributed by atoms with Gasteiger partial charge in [-0.3, -0.25) is 0 Å². The summed E-state index contributed by atoms with van der Waals surface area (Å²) < 4.78 is 5.81. The Labute approximate surface area is 128 Å². The van der Waals surface area contributed by atoms with Crippen LogP contribution in [0.25, 0.3) is 0 Å². The Morgan fingerprint density at radius 3 is 2.48 bits per heavy atom. The first-order valence-corrected chi connectivity index (χ1v) is 7.38. The van der Waals surface area contributed by atoms with Crippen LogP contribution in [0.5, 0.6) is 5.75 Å². The first kappa shape index (κ1) is 17.3. The maximum atomic E-state index is 8.74.